The molecule has 1 aliphatic heterocycles. The molecule has 0 bridgehead atoms. The summed E-state index contributed by atoms with van der Waals surface area (Å²) in [6.45, 7) is 0.823. The summed E-state index contributed by atoms with van der Waals surface area (Å²) in [6, 6.07) is 0. The van der Waals surface area contributed by atoms with Crippen LogP contribution in [0.1, 0.15) is 19.3 Å². The van der Waals surface area contributed by atoms with Crippen LogP contribution >= 0.6 is 0 Å². The second-order valence-electron chi connectivity index (χ2n) is 2.63. The van der Waals surface area contributed by atoms with Crippen molar-refractivity contribution in [2.75, 3.05) is 13.2 Å². The zero-order valence-corrected chi connectivity index (χ0v) is 5.99. The van der Waals surface area contributed by atoms with Gasteiger partial charge in [-0.05, 0) is 19.3 Å². The minimum absolute atomic E-state index is 0.0989. The Balaban J connectivity index is 2.25. The summed E-state index contributed by atoms with van der Waals surface area (Å²) < 4.78 is 5.22. The highest BCUT2D eigenvalue weighted by molar-refractivity contribution is 4.72. The average Bonchev–Trinajstić information content (AvgIpc) is 1.94. The highest BCUT2D eigenvalue weighted by Crippen LogP contribution is 2.15. The zero-order chi connectivity index (χ0) is 7.40. The van der Waals surface area contributed by atoms with Crippen LogP contribution in [0.4, 0.5) is 0 Å². The molecule has 1 rings (SSSR count). The Morgan fingerprint density at radius 1 is 1.50 bits per heavy atom. The maximum Gasteiger partial charge on any atom is 0.0855 e. The van der Waals surface area contributed by atoms with Crippen molar-refractivity contribution in [3.05, 3.63) is 0 Å². The number of hydrogen-bond acceptors (Lipinski definition) is 3. The number of aliphatic hydroxyl groups excluding tert-OH is 2. The molecule has 0 aromatic carbocycles. The highest BCUT2D eigenvalue weighted by Gasteiger charge is 2.22. The SMILES string of the molecule is OCC[C@@H]1OCCC[C@@H]1O. The lowest BCUT2D eigenvalue weighted by Gasteiger charge is -2.27. The molecule has 0 unspecified atom stereocenters. The van der Waals surface area contributed by atoms with E-state index in [2.05, 4.69) is 0 Å². The first-order valence-electron chi connectivity index (χ1n) is 3.75. The van der Waals surface area contributed by atoms with E-state index < -0.39 is 0 Å². The first kappa shape index (κ1) is 7.98. The lowest BCUT2D eigenvalue weighted by molar-refractivity contribution is -0.0816. The van der Waals surface area contributed by atoms with Crippen molar-refractivity contribution in [2.45, 2.75) is 31.5 Å². The maximum atomic E-state index is 9.26. The van der Waals surface area contributed by atoms with Crippen molar-refractivity contribution in [1.82, 2.24) is 0 Å². The Morgan fingerprint density at radius 3 is 2.90 bits per heavy atom. The molecule has 1 aliphatic rings. The predicted molar refractivity (Wildman–Crippen MR) is 36.7 cm³/mol. The minimum atomic E-state index is -0.360. The van der Waals surface area contributed by atoms with Gasteiger partial charge in [-0.2, -0.15) is 0 Å². The van der Waals surface area contributed by atoms with Gasteiger partial charge in [0.05, 0.1) is 12.2 Å². The molecule has 1 heterocycles. The summed E-state index contributed by atoms with van der Waals surface area (Å²) in [5.41, 5.74) is 0. The van der Waals surface area contributed by atoms with Crippen LogP contribution in [0.3, 0.4) is 0 Å². The van der Waals surface area contributed by atoms with Crippen molar-refractivity contribution >= 4 is 0 Å². The number of aliphatic hydroxyl groups is 2. The van der Waals surface area contributed by atoms with Crippen molar-refractivity contribution < 1.29 is 14.9 Å². The zero-order valence-electron chi connectivity index (χ0n) is 5.99. The smallest absolute Gasteiger partial charge is 0.0855 e. The molecule has 0 spiro atoms. The molecule has 2 N–H and O–H groups in total. The third kappa shape index (κ3) is 1.94. The Bertz CT molecular complexity index is 92.9. The van der Waals surface area contributed by atoms with Gasteiger partial charge in [-0.15, -0.1) is 0 Å². The molecule has 3 nitrogen and oxygen atoms in total. The van der Waals surface area contributed by atoms with E-state index in [1.54, 1.807) is 0 Å². The number of ether oxygens (including phenoxy) is 1. The molecule has 0 aromatic rings. The molecule has 0 radical (unpaired) electrons. The van der Waals surface area contributed by atoms with Gasteiger partial charge in [0.25, 0.3) is 0 Å². The Hall–Kier alpha value is -0.120. The lowest BCUT2D eigenvalue weighted by atomic mass is 10.0. The first-order chi connectivity index (χ1) is 4.84. The van der Waals surface area contributed by atoms with E-state index >= 15 is 0 Å². The molecule has 0 aromatic heterocycles. The summed E-state index contributed by atoms with van der Waals surface area (Å²) in [6.07, 6.45) is 1.81. The van der Waals surface area contributed by atoms with Gasteiger partial charge >= 0.3 is 0 Å². The molecular formula is C7H14O3. The van der Waals surface area contributed by atoms with Gasteiger partial charge in [-0.3, -0.25) is 0 Å². The van der Waals surface area contributed by atoms with Gasteiger partial charge in [0, 0.05) is 13.2 Å². The van der Waals surface area contributed by atoms with Crippen LogP contribution in [-0.4, -0.2) is 35.6 Å². The van der Waals surface area contributed by atoms with Crippen molar-refractivity contribution in [3.63, 3.8) is 0 Å². The van der Waals surface area contributed by atoms with E-state index in [9.17, 15) is 5.11 Å². The van der Waals surface area contributed by atoms with Crippen LogP contribution in [0.15, 0.2) is 0 Å². The van der Waals surface area contributed by atoms with Crippen LogP contribution < -0.4 is 0 Å². The molecule has 3 heteroatoms. The van der Waals surface area contributed by atoms with Gasteiger partial charge in [-0.1, -0.05) is 0 Å². The Kier molecular flexibility index (Phi) is 3.12. The summed E-state index contributed by atoms with van der Waals surface area (Å²) >= 11 is 0. The molecule has 2 atom stereocenters. The van der Waals surface area contributed by atoms with E-state index in [0.717, 1.165) is 19.4 Å². The van der Waals surface area contributed by atoms with Crippen LogP contribution in [0, 0.1) is 0 Å². The molecule has 1 fully saturated rings. The van der Waals surface area contributed by atoms with Crippen LogP contribution in [0.5, 0.6) is 0 Å². The van der Waals surface area contributed by atoms with Crippen LogP contribution in [0.2, 0.25) is 0 Å². The normalized spacial score (nSPS) is 34.2. The van der Waals surface area contributed by atoms with E-state index in [-0.39, 0.29) is 18.8 Å². The standard InChI is InChI=1S/C7H14O3/c8-4-3-7-6(9)2-1-5-10-7/h6-9H,1-5H2/t6-,7-/m0/s1. The van der Waals surface area contributed by atoms with Crippen LogP contribution in [-0.2, 0) is 4.74 Å². The lowest BCUT2D eigenvalue weighted by Crippen LogP contribution is -2.34. The molecular weight excluding hydrogens is 132 g/mol. The van der Waals surface area contributed by atoms with Gasteiger partial charge < -0.3 is 14.9 Å². The summed E-state index contributed by atoms with van der Waals surface area (Å²) in [7, 11) is 0. The third-order valence-corrected chi connectivity index (χ3v) is 1.82. The Morgan fingerprint density at radius 2 is 2.30 bits per heavy atom. The van der Waals surface area contributed by atoms with Gasteiger partial charge in [0.1, 0.15) is 0 Å². The topological polar surface area (TPSA) is 49.7 Å². The molecule has 0 aliphatic carbocycles. The van der Waals surface area contributed by atoms with Crippen molar-refractivity contribution in [2.24, 2.45) is 0 Å². The number of rotatable bonds is 2. The van der Waals surface area contributed by atoms with Gasteiger partial charge in [0.2, 0.25) is 0 Å². The fourth-order valence-electron chi connectivity index (χ4n) is 1.23. The fourth-order valence-corrected chi connectivity index (χ4v) is 1.23. The molecule has 0 amide bonds. The molecule has 0 saturated carbocycles. The summed E-state index contributed by atoms with van der Waals surface area (Å²) in [5, 5.41) is 17.8. The number of hydrogen-bond donors (Lipinski definition) is 2. The maximum absolute atomic E-state index is 9.26. The van der Waals surface area contributed by atoms with E-state index in [0.29, 0.717) is 6.42 Å². The monoisotopic (exact) mass is 146 g/mol. The summed E-state index contributed by atoms with van der Waals surface area (Å²) in [5.74, 6) is 0. The molecule has 60 valence electrons. The first-order valence-corrected chi connectivity index (χ1v) is 3.75. The third-order valence-electron chi connectivity index (χ3n) is 1.82. The summed E-state index contributed by atoms with van der Waals surface area (Å²) in [4.78, 5) is 0. The largest absolute Gasteiger partial charge is 0.396 e. The van der Waals surface area contributed by atoms with E-state index in [1.165, 1.54) is 0 Å². The highest BCUT2D eigenvalue weighted by atomic mass is 16.5. The quantitative estimate of drug-likeness (QED) is 0.572. The van der Waals surface area contributed by atoms with Crippen molar-refractivity contribution in [1.29, 1.82) is 0 Å². The van der Waals surface area contributed by atoms with Crippen LogP contribution in [0.25, 0.3) is 0 Å². The van der Waals surface area contributed by atoms with E-state index in [4.69, 9.17) is 9.84 Å². The second-order valence-corrected chi connectivity index (χ2v) is 2.63. The van der Waals surface area contributed by atoms with Crippen molar-refractivity contribution in [3.8, 4) is 0 Å². The van der Waals surface area contributed by atoms with E-state index in [1.807, 2.05) is 0 Å². The second kappa shape index (κ2) is 3.91. The Labute approximate surface area is 60.6 Å². The van der Waals surface area contributed by atoms with Gasteiger partial charge in [-0.25, -0.2) is 0 Å². The van der Waals surface area contributed by atoms with Gasteiger partial charge in [0.15, 0.2) is 0 Å². The average molecular weight is 146 g/mol. The fraction of sp³-hybridized carbons (Fsp3) is 1.00. The minimum Gasteiger partial charge on any atom is -0.396 e. The predicted octanol–water partition coefficient (Wildman–Crippen LogP) is -0.0913. The molecule has 10 heavy (non-hydrogen) atoms. The molecule has 1 saturated heterocycles.